The number of likely N-dealkylation sites (N-methyl/N-ethyl adjacent to an activating group) is 1. The van der Waals surface area contributed by atoms with E-state index in [-0.39, 0.29) is 0 Å². The fourth-order valence-electron chi connectivity index (χ4n) is 1.85. The molecule has 0 aromatic heterocycles. The van der Waals surface area contributed by atoms with E-state index in [2.05, 4.69) is 24.1 Å². The van der Waals surface area contributed by atoms with Gasteiger partial charge < -0.3 is 15.0 Å². The van der Waals surface area contributed by atoms with E-state index in [0.717, 1.165) is 39.3 Å². The van der Waals surface area contributed by atoms with E-state index in [4.69, 9.17) is 4.74 Å². The monoisotopic (exact) mass is 200 g/mol. The molecular formula is C11H24N2O. The molecular weight excluding hydrogens is 176 g/mol. The van der Waals surface area contributed by atoms with Gasteiger partial charge in [-0.15, -0.1) is 0 Å². The van der Waals surface area contributed by atoms with Gasteiger partial charge in [-0.1, -0.05) is 13.8 Å². The second-order valence-corrected chi connectivity index (χ2v) is 3.87. The van der Waals surface area contributed by atoms with Gasteiger partial charge in [-0.2, -0.15) is 0 Å². The maximum Gasteiger partial charge on any atom is 0.0700 e. The van der Waals surface area contributed by atoms with Gasteiger partial charge in [-0.3, -0.25) is 0 Å². The summed E-state index contributed by atoms with van der Waals surface area (Å²) < 4.78 is 5.54. The van der Waals surface area contributed by atoms with Crippen molar-refractivity contribution in [3.8, 4) is 0 Å². The van der Waals surface area contributed by atoms with E-state index in [1.165, 1.54) is 12.8 Å². The van der Waals surface area contributed by atoms with Crippen LogP contribution in [-0.2, 0) is 4.74 Å². The number of nitrogens with one attached hydrogen (secondary N) is 1. The largest absolute Gasteiger partial charge is 0.377 e. The third-order valence-corrected chi connectivity index (χ3v) is 2.90. The minimum absolute atomic E-state index is 0.478. The first-order chi connectivity index (χ1) is 6.86. The highest BCUT2D eigenvalue weighted by Gasteiger charge is 2.14. The van der Waals surface area contributed by atoms with E-state index in [1.54, 1.807) is 0 Å². The summed E-state index contributed by atoms with van der Waals surface area (Å²) in [6.07, 6.45) is 2.95. The molecule has 0 spiro atoms. The van der Waals surface area contributed by atoms with Crippen LogP contribution in [-0.4, -0.2) is 50.3 Å². The SMILES string of the molecule is CCN(CC)CCNC[C@H]1CCCO1. The van der Waals surface area contributed by atoms with Gasteiger partial charge in [0.15, 0.2) is 0 Å². The van der Waals surface area contributed by atoms with Crippen LogP contribution in [0, 0.1) is 0 Å². The van der Waals surface area contributed by atoms with Gasteiger partial charge in [0.2, 0.25) is 0 Å². The molecule has 0 radical (unpaired) electrons. The smallest absolute Gasteiger partial charge is 0.0700 e. The lowest BCUT2D eigenvalue weighted by molar-refractivity contribution is 0.109. The minimum atomic E-state index is 0.478. The molecule has 0 aliphatic carbocycles. The Balaban J connectivity index is 1.92. The molecule has 1 aliphatic heterocycles. The molecule has 1 heterocycles. The van der Waals surface area contributed by atoms with Crippen LogP contribution in [0.2, 0.25) is 0 Å². The van der Waals surface area contributed by atoms with Crippen molar-refractivity contribution in [1.82, 2.24) is 10.2 Å². The lowest BCUT2D eigenvalue weighted by atomic mass is 10.2. The molecule has 0 bridgehead atoms. The Morgan fingerprint density at radius 1 is 1.36 bits per heavy atom. The molecule has 1 N–H and O–H groups in total. The molecule has 1 fully saturated rings. The topological polar surface area (TPSA) is 24.5 Å². The highest BCUT2D eigenvalue weighted by molar-refractivity contribution is 4.67. The Kier molecular flexibility index (Phi) is 6.15. The third-order valence-electron chi connectivity index (χ3n) is 2.90. The van der Waals surface area contributed by atoms with Crippen molar-refractivity contribution in [3.63, 3.8) is 0 Å². The first-order valence-electron chi connectivity index (χ1n) is 5.91. The predicted octanol–water partition coefficient (Wildman–Crippen LogP) is 1.10. The fraction of sp³-hybridized carbons (Fsp3) is 1.00. The summed E-state index contributed by atoms with van der Waals surface area (Å²) >= 11 is 0. The average Bonchev–Trinajstić information content (AvgIpc) is 2.71. The van der Waals surface area contributed by atoms with Crippen LogP contribution in [0.1, 0.15) is 26.7 Å². The Bertz CT molecular complexity index is 127. The van der Waals surface area contributed by atoms with Crippen LogP contribution in [0.5, 0.6) is 0 Å². The molecule has 0 aromatic carbocycles. The molecule has 3 nitrogen and oxygen atoms in total. The maximum absolute atomic E-state index is 5.54. The summed E-state index contributed by atoms with van der Waals surface area (Å²) in [6.45, 7) is 11.0. The highest BCUT2D eigenvalue weighted by Crippen LogP contribution is 2.10. The van der Waals surface area contributed by atoms with Crippen LogP contribution in [0.3, 0.4) is 0 Å². The number of nitrogens with zero attached hydrogens (tertiary/aromatic N) is 1. The molecule has 0 unspecified atom stereocenters. The van der Waals surface area contributed by atoms with Crippen LogP contribution in [0.4, 0.5) is 0 Å². The Hall–Kier alpha value is -0.120. The lowest BCUT2D eigenvalue weighted by Crippen LogP contribution is -2.35. The average molecular weight is 200 g/mol. The zero-order valence-electron chi connectivity index (χ0n) is 9.59. The fourth-order valence-corrected chi connectivity index (χ4v) is 1.85. The summed E-state index contributed by atoms with van der Waals surface area (Å²) in [7, 11) is 0. The standard InChI is InChI=1S/C11H24N2O/c1-3-13(4-2)8-7-12-10-11-6-5-9-14-11/h11-12H,3-10H2,1-2H3/t11-/m1/s1. The Morgan fingerprint density at radius 3 is 2.71 bits per heavy atom. The highest BCUT2D eigenvalue weighted by atomic mass is 16.5. The number of rotatable bonds is 7. The zero-order chi connectivity index (χ0) is 10.2. The van der Waals surface area contributed by atoms with E-state index < -0.39 is 0 Å². The molecule has 1 saturated heterocycles. The molecule has 0 aromatic rings. The van der Waals surface area contributed by atoms with Crippen LogP contribution >= 0.6 is 0 Å². The van der Waals surface area contributed by atoms with Crippen LogP contribution < -0.4 is 5.32 Å². The number of hydrogen-bond donors (Lipinski definition) is 1. The van der Waals surface area contributed by atoms with Crippen molar-refractivity contribution in [2.24, 2.45) is 0 Å². The van der Waals surface area contributed by atoms with Gasteiger partial charge in [-0.25, -0.2) is 0 Å². The van der Waals surface area contributed by atoms with Crippen molar-refractivity contribution in [2.75, 3.05) is 39.3 Å². The van der Waals surface area contributed by atoms with Gasteiger partial charge in [0.05, 0.1) is 6.10 Å². The van der Waals surface area contributed by atoms with Crippen LogP contribution in [0.25, 0.3) is 0 Å². The van der Waals surface area contributed by atoms with Crippen molar-refractivity contribution in [2.45, 2.75) is 32.8 Å². The Morgan fingerprint density at radius 2 is 2.14 bits per heavy atom. The molecule has 1 atom stereocenters. The van der Waals surface area contributed by atoms with Gasteiger partial charge >= 0.3 is 0 Å². The van der Waals surface area contributed by atoms with Gasteiger partial charge in [-0.05, 0) is 25.9 Å². The molecule has 84 valence electrons. The summed E-state index contributed by atoms with van der Waals surface area (Å²) in [5, 5.41) is 3.46. The molecule has 14 heavy (non-hydrogen) atoms. The third kappa shape index (κ3) is 4.40. The number of hydrogen-bond acceptors (Lipinski definition) is 3. The van der Waals surface area contributed by atoms with Gasteiger partial charge in [0.1, 0.15) is 0 Å². The van der Waals surface area contributed by atoms with Gasteiger partial charge in [0, 0.05) is 26.2 Å². The maximum atomic E-state index is 5.54. The predicted molar refractivity (Wildman–Crippen MR) is 59.6 cm³/mol. The normalized spacial score (nSPS) is 22.1. The quantitative estimate of drug-likeness (QED) is 0.623. The van der Waals surface area contributed by atoms with Gasteiger partial charge in [0.25, 0.3) is 0 Å². The van der Waals surface area contributed by atoms with Crippen LogP contribution in [0.15, 0.2) is 0 Å². The second kappa shape index (κ2) is 7.21. The van der Waals surface area contributed by atoms with Crippen molar-refractivity contribution in [1.29, 1.82) is 0 Å². The first-order valence-corrected chi connectivity index (χ1v) is 5.91. The minimum Gasteiger partial charge on any atom is -0.377 e. The van der Waals surface area contributed by atoms with Crippen molar-refractivity contribution < 1.29 is 4.74 Å². The summed E-state index contributed by atoms with van der Waals surface area (Å²) in [5.74, 6) is 0. The molecule has 1 aliphatic rings. The Labute approximate surface area is 87.8 Å². The molecule has 1 rings (SSSR count). The summed E-state index contributed by atoms with van der Waals surface area (Å²) in [6, 6.07) is 0. The first kappa shape index (κ1) is 12.0. The summed E-state index contributed by atoms with van der Waals surface area (Å²) in [4.78, 5) is 2.43. The second-order valence-electron chi connectivity index (χ2n) is 3.87. The molecule has 3 heteroatoms. The van der Waals surface area contributed by atoms with Crippen molar-refractivity contribution >= 4 is 0 Å². The lowest BCUT2D eigenvalue weighted by Gasteiger charge is -2.18. The van der Waals surface area contributed by atoms with E-state index in [1.807, 2.05) is 0 Å². The molecule has 0 amide bonds. The molecule has 0 saturated carbocycles. The van der Waals surface area contributed by atoms with E-state index >= 15 is 0 Å². The van der Waals surface area contributed by atoms with E-state index in [9.17, 15) is 0 Å². The van der Waals surface area contributed by atoms with E-state index in [0.29, 0.717) is 6.10 Å². The zero-order valence-corrected chi connectivity index (χ0v) is 9.59. The summed E-state index contributed by atoms with van der Waals surface area (Å²) in [5.41, 5.74) is 0. The number of ether oxygens (including phenoxy) is 1. The van der Waals surface area contributed by atoms with Crippen molar-refractivity contribution in [3.05, 3.63) is 0 Å².